The summed E-state index contributed by atoms with van der Waals surface area (Å²) in [6.07, 6.45) is 9.25. The third-order valence-electron chi connectivity index (χ3n) is 9.08. The first-order valence-electron chi connectivity index (χ1n) is 17.9. The number of fused-ring (bicyclic) bond motifs is 1. The van der Waals surface area contributed by atoms with Crippen molar-refractivity contribution >= 4 is 17.6 Å². The van der Waals surface area contributed by atoms with Crippen molar-refractivity contribution in [2.24, 2.45) is 5.92 Å². The minimum absolute atomic E-state index is 0.0373. The molecule has 7 nitrogen and oxygen atoms in total. The Morgan fingerprint density at radius 1 is 0.980 bits per heavy atom. The Morgan fingerprint density at radius 2 is 1.70 bits per heavy atom. The quantitative estimate of drug-likeness (QED) is 0.175. The normalized spacial score (nSPS) is 21.0. The summed E-state index contributed by atoms with van der Waals surface area (Å²) in [5, 5.41) is 3.01. The van der Waals surface area contributed by atoms with E-state index in [1.165, 1.54) is 57.4 Å². The van der Waals surface area contributed by atoms with Gasteiger partial charge in [0, 0.05) is 41.8 Å². The number of hydrogen-bond acceptors (Lipinski definition) is 7. The molecule has 2 unspecified atom stereocenters. The largest absolute Gasteiger partial charge is 0.488 e. The third kappa shape index (κ3) is 10.4. The zero-order valence-corrected chi connectivity index (χ0v) is 30.8. The topological polar surface area (TPSA) is 75.3 Å². The van der Waals surface area contributed by atoms with Gasteiger partial charge in [-0.3, -0.25) is 0 Å². The zero-order valence-electron chi connectivity index (χ0n) is 30.0. The molecule has 6 rings (SSSR count). The summed E-state index contributed by atoms with van der Waals surface area (Å²) >= 11 is 6.44. The molecule has 1 saturated carbocycles. The highest BCUT2D eigenvalue weighted by atomic mass is 35.5. The Hall–Kier alpha value is -3.24. The monoisotopic (exact) mass is 715 g/mol. The van der Waals surface area contributed by atoms with Crippen LogP contribution >= 0.6 is 11.6 Å². The molecule has 1 aliphatic carbocycles. The molecular weight excluding hydrogens is 664 g/mol. The SMILES string of the molecule is CCC.CNC1CCC(C)CC1.COC(=O)c1ccc(OCCOC2CCCCO2)c(F)c1-c1c(Cl)c(F)cc2c1CC(c1ccccc1)O2. The summed E-state index contributed by atoms with van der Waals surface area (Å²) in [5.41, 5.74) is 1.09. The van der Waals surface area contributed by atoms with E-state index in [1.807, 2.05) is 30.3 Å². The number of hydrogen-bond donors (Lipinski definition) is 1. The number of carbonyl (C=O) groups is 1. The lowest BCUT2D eigenvalue weighted by molar-refractivity contribution is -0.165. The second-order valence-electron chi connectivity index (χ2n) is 13.0. The number of benzene rings is 3. The van der Waals surface area contributed by atoms with Crippen molar-refractivity contribution in [3.63, 3.8) is 0 Å². The Morgan fingerprint density at radius 3 is 2.34 bits per heavy atom. The van der Waals surface area contributed by atoms with Crippen LogP contribution in [0.1, 0.15) is 99.7 Å². The highest BCUT2D eigenvalue weighted by Gasteiger charge is 2.34. The van der Waals surface area contributed by atoms with Crippen LogP contribution in [0, 0.1) is 17.6 Å². The molecule has 3 aromatic rings. The van der Waals surface area contributed by atoms with E-state index in [1.54, 1.807) is 0 Å². The number of esters is 1. The van der Waals surface area contributed by atoms with Gasteiger partial charge in [-0.25, -0.2) is 13.6 Å². The van der Waals surface area contributed by atoms with E-state index in [4.69, 9.17) is 35.3 Å². The summed E-state index contributed by atoms with van der Waals surface area (Å²) < 4.78 is 58.9. The highest BCUT2D eigenvalue weighted by Crippen LogP contribution is 2.48. The first-order chi connectivity index (χ1) is 24.2. The van der Waals surface area contributed by atoms with Gasteiger partial charge in [-0.1, -0.05) is 69.1 Å². The first-order valence-corrected chi connectivity index (χ1v) is 18.3. The van der Waals surface area contributed by atoms with Crippen LogP contribution in [0.25, 0.3) is 11.1 Å². The Balaban J connectivity index is 0.000000399. The summed E-state index contributed by atoms with van der Waals surface area (Å²) in [6, 6.07) is 14.1. The van der Waals surface area contributed by atoms with Crippen molar-refractivity contribution in [3.05, 3.63) is 81.9 Å². The number of rotatable bonds is 9. The number of halogens is 3. The first kappa shape index (κ1) is 39.5. The molecule has 2 fully saturated rings. The molecule has 50 heavy (non-hydrogen) atoms. The molecule has 2 heterocycles. The minimum Gasteiger partial charge on any atom is -0.488 e. The highest BCUT2D eigenvalue weighted by molar-refractivity contribution is 6.34. The summed E-state index contributed by atoms with van der Waals surface area (Å²) in [5.74, 6) is -1.37. The molecule has 0 radical (unpaired) electrons. The van der Waals surface area contributed by atoms with E-state index in [9.17, 15) is 4.79 Å². The van der Waals surface area contributed by atoms with Crippen LogP contribution in [0.2, 0.25) is 5.02 Å². The van der Waals surface area contributed by atoms with Gasteiger partial charge in [-0.15, -0.1) is 0 Å². The van der Waals surface area contributed by atoms with Gasteiger partial charge in [-0.05, 0) is 75.6 Å². The molecular formula is C40H52ClF2NO6. The molecule has 0 aromatic heterocycles. The van der Waals surface area contributed by atoms with Gasteiger partial charge >= 0.3 is 5.97 Å². The molecule has 2 atom stereocenters. The van der Waals surface area contributed by atoms with Gasteiger partial charge in [0.15, 0.2) is 17.9 Å². The predicted molar refractivity (Wildman–Crippen MR) is 193 cm³/mol. The second-order valence-corrected chi connectivity index (χ2v) is 13.4. The maximum absolute atomic E-state index is 16.1. The van der Waals surface area contributed by atoms with Gasteiger partial charge in [-0.2, -0.15) is 0 Å². The standard InChI is InChI=1S/C29H27ClF2O6.C8H17N.C3H8/c1-34-29(33)18-10-11-21(35-13-14-37-24-9-5-6-12-36-24)28(32)26(18)25-19-15-22(17-7-3-2-4-8-17)38-23(19)16-20(31)27(25)30;1-7-3-5-8(9-2)6-4-7;1-3-2/h2-4,7-8,10-11,16,22,24H,5-6,9,12-15H2,1H3;7-9H,3-6H2,1-2H3;3H2,1-2H3. The van der Waals surface area contributed by atoms with Crippen molar-refractivity contribution in [2.75, 3.05) is 34.0 Å². The number of methoxy groups -OCH3 is 1. The van der Waals surface area contributed by atoms with E-state index in [0.717, 1.165) is 36.8 Å². The minimum atomic E-state index is -0.861. The average molecular weight is 716 g/mol. The zero-order chi connectivity index (χ0) is 36.0. The fourth-order valence-corrected chi connectivity index (χ4v) is 6.62. The molecule has 2 aliphatic heterocycles. The van der Waals surface area contributed by atoms with Crippen LogP contribution in [0.3, 0.4) is 0 Å². The van der Waals surface area contributed by atoms with Crippen molar-refractivity contribution in [2.45, 2.75) is 97.0 Å². The molecule has 0 bridgehead atoms. The lowest BCUT2D eigenvalue weighted by Gasteiger charge is -2.25. The van der Waals surface area contributed by atoms with Crippen LogP contribution in [-0.4, -0.2) is 52.3 Å². The van der Waals surface area contributed by atoms with Crippen molar-refractivity contribution in [3.8, 4) is 22.6 Å². The molecule has 10 heteroatoms. The van der Waals surface area contributed by atoms with E-state index in [-0.39, 0.29) is 52.7 Å². The van der Waals surface area contributed by atoms with Crippen LogP contribution in [0.5, 0.6) is 11.5 Å². The lowest BCUT2D eigenvalue weighted by Crippen LogP contribution is -2.29. The van der Waals surface area contributed by atoms with E-state index in [0.29, 0.717) is 18.6 Å². The molecule has 1 N–H and O–H groups in total. The van der Waals surface area contributed by atoms with Crippen LogP contribution in [0.15, 0.2) is 48.5 Å². The molecule has 1 saturated heterocycles. The Bertz CT molecular complexity index is 1510. The van der Waals surface area contributed by atoms with E-state index in [2.05, 4.69) is 33.1 Å². The molecule has 274 valence electrons. The van der Waals surface area contributed by atoms with Crippen LogP contribution in [-0.2, 0) is 20.6 Å². The maximum atomic E-state index is 16.1. The predicted octanol–water partition coefficient (Wildman–Crippen LogP) is 9.87. The third-order valence-corrected chi connectivity index (χ3v) is 9.45. The van der Waals surface area contributed by atoms with Gasteiger partial charge in [0.25, 0.3) is 0 Å². The fourth-order valence-electron chi connectivity index (χ4n) is 6.36. The van der Waals surface area contributed by atoms with Crippen molar-refractivity contribution in [1.29, 1.82) is 0 Å². The summed E-state index contributed by atoms with van der Waals surface area (Å²) in [6.45, 7) is 7.47. The second kappa shape index (κ2) is 20.0. The average Bonchev–Trinajstić information content (AvgIpc) is 3.56. The molecule has 3 aromatic carbocycles. The van der Waals surface area contributed by atoms with E-state index < -0.39 is 23.7 Å². The Kier molecular flexibility index (Phi) is 15.8. The van der Waals surface area contributed by atoms with Crippen molar-refractivity contribution < 1.29 is 37.3 Å². The van der Waals surface area contributed by atoms with Crippen LogP contribution in [0.4, 0.5) is 8.78 Å². The van der Waals surface area contributed by atoms with Gasteiger partial charge in [0.1, 0.15) is 24.3 Å². The number of carbonyl (C=O) groups excluding carboxylic acids is 1. The van der Waals surface area contributed by atoms with Gasteiger partial charge in [0.2, 0.25) is 0 Å². The molecule has 0 amide bonds. The lowest BCUT2D eigenvalue weighted by atomic mass is 9.87. The van der Waals surface area contributed by atoms with Gasteiger partial charge in [0.05, 0.1) is 24.3 Å². The van der Waals surface area contributed by atoms with Crippen molar-refractivity contribution in [1.82, 2.24) is 5.32 Å². The van der Waals surface area contributed by atoms with E-state index >= 15 is 8.78 Å². The van der Waals surface area contributed by atoms with Gasteiger partial charge < -0.3 is 29.0 Å². The summed E-state index contributed by atoms with van der Waals surface area (Å²) in [7, 11) is 3.26. The smallest absolute Gasteiger partial charge is 0.338 e. The maximum Gasteiger partial charge on any atom is 0.338 e. The summed E-state index contributed by atoms with van der Waals surface area (Å²) in [4.78, 5) is 12.7. The number of ether oxygens (including phenoxy) is 5. The molecule has 3 aliphatic rings. The number of nitrogens with one attached hydrogen (secondary N) is 1. The Labute approximate surface area is 300 Å². The van der Waals surface area contributed by atoms with Crippen LogP contribution < -0.4 is 14.8 Å². The fraction of sp³-hybridized carbons (Fsp3) is 0.525. The molecule has 0 spiro atoms.